The average molecular weight is 210 g/mol. The molecule has 2 rings (SSSR count). The minimum absolute atomic E-state index is 0.106. The van der Waals surface area contributed by atoms with Crippen molar-refractivity contribution in [1.29, 1.82) is 0 Å². The van der Waals surface area contributed by atoms with Gasteiger partial charge < -0.3 is 0 Å². The number of carbonyl (C=O) groups excluding carboxylic acids is 1. The largest absolute Gasteiger partial charge is 0.298 e. The SMILES string of the molecule is [2H]C1c2cc(Cl)cc(C=O)c2CC1(C)C. The molecule has 0 radical (unpaired) electrons. The zero-order valence-electron chi connectivity index (χ0n) is 9.30. The summed E-state index contributed by atoms with van der Waals surface area (Å²) in [6, 6.07) is 3.50. The molecule has 1 nitrogen and oxygen atoms in total. The van der Waals surface area contributed by atoms with Gasteiger partial charge in [-0.2, -0.15) is 0 Å². The maximum Gasteiger partial charge on any atom is 0.150 e. The normalized spacial score (nSPS) is 24.2. The second-order valence-corrected chi connectivity index (χ2v) is 4.93. The number of rotatable bonds is 1. The zero-order chi connectivity index (χ0) is 11.2. The van der Waals surface area contributed by atoms with Gasteiger partial charge in [0.05, 0.1) is 0 Å². The van der Waals surface area contributed by atoms with Crippen molar-refractivity contribution in [3.63, 3.8) is 0 Å². The average Bonchev–Trinajstić information content (AvgIpc) is 2.39. The van der Waals surface area contributed by atoms with Crippen LogP contribution in [0.25, 0.3) is 0 Å². The number of benzene rings is 1. The van der Waals surface area contributed by atoms with Crippen LogP contribution in [-0.4, -0.2) is 6.29 Å². The van der Waals surface area contributed by atoms with E-state index in [9.17, 15) is 4.79 Å². The van der Waals surface area contributed by atoms with Gasteiger partial charge in [0.25, 0.3) is 0 Å². The predicted molar refractivity (Wildman–Crippen MR) is 58.0 cm³/mol. The molecular weight excluding hydrogens is 196 g/mol. The summed E-state index contributed by atoms with van der Waals surface area (Å²) in [4.78, 5) is 10.9. The molecule has 0 bridgehead atoms. The first-order valence-corrected chi connectivity index (χ1v) is 5.03. The Morgan fingerprint density at radius 2 is 2.29 bits per heavy atom. The van der Waals surface area contributed by atoms with E-state index in [0.29, 0.717) is 10.6 Å². The summed E-state index contributed by atoms with van der Waals surface area (Å²) in [7, 11) is 0. The van der Waals surface area contributed by atoms with Crippen molar-refractivity contribution < 1.29 is 6.17 Å². The first-order valence-electron chi connectivity index (χ1n) is 5.23. The van der Waals surface area contributed by atoms with E-state index in [1.54, 1.807) is 6.07 Å². The second-order valence-electron chi connectivity index (χ2n) is 4.49. The second kappa shape index (κ2) is 3.09. The topological polar surface area (TPSA) is 17.1 Å². The molecule has 0 saturated heterocycles. The highest BCUT2D eigenvalue weighted by molar-refractivity contribution is 6.31. The summed E-state index contributed by atoms with van der Waals surface area (Å²) >= 11 is 5.92. The highest BCUT2D eigenvalue weighted by Gasteiger charge is 2.30. The highest BCUT2D eigenvalue weighted by Crippen LogP contribution is 2.38. The molecule has 1 aromatic carbocycles. The molecule has 0 saturated carbocycles. The molecule has 1 aliphatic rings. The zero-order valence-corrected chi connectivity index (χ0v) is 9.06. The van der Waals surface area contributed by atoms with Crippen LogP contribution in [0.15, 0.2) is 12.1 Å². The molecule has 2 heteroatoms. The van der Waals surface area contributed by atoms with Gasteiger partial charge in [-0.3, -0.25) is 4.79 Å². The molecular formula is C12H13ClO. The lowest BCUT2D eigenvalue weighted by Gasteiger charge is -2.14. The minimum Gasteiger partial charge on any atom is -0.298 e. The Morgan fingerprint density at radius 3 is 2.93 bits per heavy atom. The smallest absolute Gasteiger partial charge is 0.150 e. The van der Waals surface area contributed by atoms with Gasteiger partial charge >= 0.3 is 0 Å². The van der Waals surface area contributed by atoms with E-state index in [0.717, 1.165) is 23.8 Å². The van der Waals surface area contributed by atoms with Crippen molar-refractivity contribution in [2.75, 3.05) is 0 Å². The number of halogens is 1. The summed E-state index contributed by atoms with van der Waals surface area (Å²) < 4.78 is 8.11. The Morgan fingerprint density at radius 1 is 1.57 bits per heavy atom. The van der Waals surface area contributed by atoms with Crippen molar-refractivity contribution >= 4 is 17.9 Å². The maximum atomic E-state index is 10.9. The third-order valence-electron chi connectivity index (χ3n) is 2.59. The maximum absolute atomic E-state index is 10.9. The molecule has 0 fully saturated rings. The number of fused-ring (bicyclic) bond motifs is 1. The van der Waals surface area contributed by atoms with Gasteiger partial charge in [0.2, 0.25) is 0 Å². The fourth-order valence-corrected chi connectivity index (χ4v) is 2.28. The Balaban J connectivity index is 2.63. The van der Waals surface area contributed by atoms with Crippen molar-refractivity contribution in [3.8, 4) is 0 Å². The summed E-state index contributed by atoms with van der Waals surface area (Å²) in [6.07, 6.45) is 1.32. The van der Waals surface area contributed by atoms with Gasteiger partial charge in [0.15, 0.2) is 0 Å². The monoisotopic (exact) mass is 209 g/mol. The van der Waals surface area contributed by atoms with Gasteiger partial charge in [-0.25, -0.2) is 0 Å². The highest BCUT2D eigenvalue weighted by atomic mass is 35.5. The molecule has 0 amide bonds. The van der Waals surface area contributed by atoms with E-state index in [1.807, 2.05) is 19.9 Å². The standard InChI is InChI=1S/C12H13ClO/c1-12(2)5-8-3-10(13)4-9(7-14)11(8)6-12/h3-4,7H,5-6H2,1-2H3/i5D. The summed E-state index contributed by atoms with van der Waals surface area (Å²) in [6.45, 7) is 4.10. The van der Waals surface area contributed by atoms with Crippen LogP contribution in [0.4, 0.5) is 0 Å². The van der Waals surface area contributed by atoms with E-state index in [-0.39, 0.29) is 11.8 Å². The Kier molecular flexibility index (Phi) is 1.88. The number of aldehydes is 1. The first-order chi connectivity index (χ1) is 6.95. The van der Waals surface area contributed by atoms with Gasteiger partial charge in [-0.1, -0.05) is 25.4 Å². The van der Waals surface area contributed by atoms with Crippen LogP contribution in [0.3, 0.4) is 0 Å². The fourth-order valence-electron chi connectivity index (χ4n) is 2.05. The third-order valence-corrected chi connectivity index (χ3v) is 2.81. The Hall–Kier alpha value is -0.820. The predicted octanol–water partition coefficient (Wildman–Crippen LogP) is 3.28. The Labute approximate surface area is 90.5 Å². The van der Waals surface area contributed by atoms with E-state index in [4.69, 9.17) is 13.0 Å². The lowest BCUT2D eigenvalue weighted by atomic mass is 9.90. The van der Waals surface area contributed by atoms with Crippen LogP contribution in [0, 0.1) is 5.41 Å². The van der Waals surface area contributed by atoms with Crippen molar-refractivity contribution in [1.82, 2.24) is 0 Å². The lowest BCUT2D eigenvalue weighted by molar-refractivity contribution is 0.112. The molecule has 0 aromatic heterocycles. The molecule has 14 heavy (non-hydrogen) atoms. The molecule has 1 atom stereocenters. The minimum atomic E-state index is -0.287. The van der Waals surface area contributed by atoms with Gasteiger partial charge in [-0.15, -0.1) is 0 Å². The molecule has 1 unspecified atom stereocenters. The van der Waals surface area contributed by atoms with Crippen molar-refractivity contribution in [2.24, 2.45) is 5.41 Å². The molecule has 0 spiro atoms. The molecule has 0 aliphatic heterocycles. The summed E-state index contributed by atoms with van der Waals surface area (Å²) in [5.74, 6) is 0. The number of carbonyl (C=O) groups is 1. The van der Waals surface area contributed by atoms with E-state index < -0.39 is 0 Å². The van der Waals surface area contributed by atoms with Crippen LogP contribution < -0.4 is 0 Å². The van der Waals surface area contributed by atoms with Gasteiger partial charge in [0.1, 0.15) is 6.29 Å². The Bertz CT molecular complexity index is 426. The van der Waals surface area contributed by atoms with Crippen LogP contribution in [-0.2, 0) is 12.8 Å². The first kappa shape index (κ1) is 8.49. The van der Waals surface area contributed by atoms with Crippen molar-refractivity contribution in [2.45, 2.75) is 26.7 Å². The van der Waals surface area contributed by atoms with E-state index in [2.05, 4.69) is 0 Å². The molecule has 74 valence electrons. The van der Waals surface area contributed by atoms with Gasteiger partial charge in [-0.05, 0) is 41.5 Å². The molecule has 0 N–H and O–H groups in total. The quantitative estimate of drug-likeness (QED) is 0.649. The summed E-state index contributed by atoms with van der Waals surface area (Å²) in [5.41, 5.74) is 2.44. The van der Waals surface area contributed by atoms with E-state index >= 15 is 0 Å². The number of hydrogen-bond donors (Lipinski definition) is 0. The van der Waals surface area contributed by atoms with Gasteiger partial charge in [0, 0.05) is 12.0 Å². The van der Waals surface area contributed by atoms with Crippen LogP contribution >= 0.6 is 11.6 Å². The van der Waals surface area contributed by atoms with Crippen LogP contribution in [0.1, 0.15) is 36.7 Å². The van der Waals surface area contributed by atoms with E-state index in [1.165, 1.54) is 0 Å². The van der Waals surface area contributed by atoms with Crippen molar-refractivity contribution in [3.05, 3.63) is 33.8 Å². The van der Waals surface area contributed by atoms with Crippen LogP contribution in [0.5, 0.6) is 0 Å². The third kappa shape index (κ3) is 1.57. The summed E-state index contributed by atoms with van der Waals surface area (Å²) in [5, 5.41) is 0.547. The molecule has 1 aromatic rings. The number of hydrogen-bond acceptors (Lipinski definition) is 1. The lowest BCUT2D eigenvalue weighted by Crippen LogP contribution is -2.09. The molecule has 0 heterocycles. The fraction of sp³-hybridized carbons (Fsp3) is 0.417. The van der Waals surface area contributed by atoms with Crippen LogP contribution in [0.2, 0.25) is 5.02 Å². The molecule has 1 aliphatic carbocycles.